The first-order valence-corrected chi connectivity index (χ1v) is 8.01. The zero-order chi connectivity index (χ0) is 18.1. The van der Waals surface area contributed by atoms with Crippen LogP contribution < -0.4 is 9.47 Å². The summed E-state index contributed by atoms with van der Waals surface area (Å²) >= 11 is 0. The van der Waals surface area contributed by atoms with Crippen LogP contribution in [0.25, 0.3) is 0 Å². The Labute approximate surface area is 144 Å². The molecule has 4 heteroatoms. The van der Waals surface area contributed by atoms with E-state index in [0.717, 1.165) is 5.75 Å². The van der Waals surface area contributed by atoms with Gasteiger partial charge in [-0.2, -0.15) is 0 Å². The largest absolute Gasteiger partial charge is 0.491 e. The Kier molecular flexibility index (Phi) is 7.83. The monoisotopic (exact) mass is 330 g/mol. The van der Waals surface area contributed by atoms with E-state index in [2.05, 4.69) is 19.1 Å². The third kappa shape index (κ3) is 7.68. The summed E-state index contributed by atoms with van der Waals surface area (Å²) in [7, 11) is 0. The van der Waals surface area contributed by atoms with Crippen molar-refractivity contribution in [2.75, 3.05) is 0 Å². The number of benzene rings is 2. The third-order valence-corrected chi connectivity index (χ3v) is 2.87. The number of carbonyl (C=O) groups is 1. The first-order valence-electron chi connectivity index (χ1n) is 8.01. The average Bonchev–Trinajstić information content (AvgIpc) is 2.50. The fourth-order valence-electron chi connectivity index (χ4n) is 1.84. The molecule has 0 atom stereocenters. The van der Waals surface area contributed by atoms with Crippen molar-refractivity contribution in [1.82, 2.24) is 0 Å². The predicted molar refractivity (Wildman–Crippen MR) is 96.1 cm³/mol. The van der Waals surface area contributed by atoms with Crippen LogP contribution in [0.5, 0.6) is 11.5 Å². The molecule has 0 saturated heterocycles. The van der Waals surface area contributed by atoms with Crippen molar-refractivity contribution in [2.45, 2.75) is 46.8 Å². The lowest BCUT2D eigenvalue weighted by Crippen LogP contribution is -2.05. The van der Waals surface area contributed by atoms with Crippen molar-refractivity contribution in [3.05, 3.63) is 59.7 Å². The highest BCUT2D eigenvalue weighted by Gasteiger charge is 2.02. The van der Waals surface area contributed by atoms with E-state index in [1.165, 1.54) is 17.7 Å². The first-order chi connectivity index (χ1) is 11.3. The second-order valence-corrected chi connectivity index (χ2v) is 5.98. The molecule has 0 bridgehead atoms. The van der Waals surface area contributed by atoms with Gasteiger partial charge in [-0.05, 0) is 71.0 Å². The van der Waals surface area contributed by atoms with Crippen molar-refractivity contribution < 1.29 is 19.4 Å². The molecule has 0 aliphatic rings. The minimum atomic E-state index is -0.920. The summed E-state index contributed by atoms with van der Waals surface area (Å²) < 4.78 is 10.8. The second kappa shape index (κ2) is 9.60. The molecule has 0 aliphatic carbocycles. The van der Waals surface area contributed by atoms with E-state index in [1.54, 1.807) is 12.1 Å². The minimum absolute atomic E-state index is 0.107. The molecule has 24 heavy (non-hydrogen) atoms. The zero-order valence-electron chi connectivity index (χ0n) is 14.9. The van der Waals surface area contributed by atoms with Crippen LogP contribution in [0.1, 0.15) is 43.6 Å². The molecule has 0 saturated carbocycles. The molecule has 130 valence electrons. The molecule has 0 fully saturated rings. The Bertz CT molecular complexity index is 613. The van der Waals surface area contributed by atoms with Crippen LogP contribution in [-0.2, 0) is 0 Å². The normalized spacial score (nSPS) is 10.1. The number of ether oxygens (including phenoxy) is 2. The van der Waals surface area contributed by atoms with Crippen molar-refractivity contribution in [2.24, 2.45) is 0 Å². The Morgan fingerprint density at radius 3 is 1.50 bits per heavy atom. The number of hydrogen-bond acceptors (Lipinski definition) is 3. The highest BCUT2D eigenvalue weighted by atomic mass is 16.5. The Morgan fingerprint density at radius 1 is 0.792 bits per heavy atom. The maximum absolute atomic E-state index is 10.5. The summed E-state index contributed by atoms with van der Waals surface area (Å²) in [5, 5.41) is 8.62. The third-order valence-electron chi connectivity index (χ3n) is 2.87. The second-order valence-electron chi connectivity index (χ2n) is 5.98. The number of carboxylic acid groups (broad SMARTS) is 1. The van der Waals surface area contributed by atoms with E-state index < -0.39 is 5.97 Å². The number of aromatic carboxylic acids is 1. The van der Waals surface area contributed by atoms with Gasteiger partial charge >= 0.3 is 5.97 Å². The molecule has 0 amide bonds. The van der Waals surface area contributed by atoms with Crippen LogP contribution >= 0.6 is 0 Å². The summed E-state index contributed by atoms with van der Waals surface area (Å²) in [5.74, 6) is 0.724. The zero-order valence-corrected chi connectivity index (χ0v) is 14.9. The van der Waals surface area contributed by atoms with Crippen LogP contribution in [0.4, 0.5) is 0 Å². The average molecular weight is 330 g/mol. The van der Waals surface area contributed by atoms with E-state index in [4.69, 9.17) is 14.6 Å². The van der Waals surface area contributed by atoms with Gasteiger partial charge in [-0.3, -0.25) is 0 Å². The van der Waals surface area contributed by atoms with Crippen LogP contribution in [-0.4, -0.2) is 23.3 Å². The first kappa shape index (κ1) is 19.6. The molecule has 1 N–H and O–H groups in total. The molecule has 0 heterocycles. The van der Waals surface area contributed by atoms with Gasteiger partial charge in [0.2, 0.25) is 0 Å². The van der Waals surface area contributed by atoms with Crippen LogP contribution in [0.2, 0.25) is 0 Å². The van der Waals surface area contributed by atoms with Crippen molar-refractivity contribution in [3.8, 4) is 11.5 Å². The van der Waals surface area contributed by atoms with E-state index in [-0.39, 0.29) is 17.8 Å². The van der Waals surface area contributed by atoms with Crippen LogP contribution in [0, 0.1) is 6.92 Å². The van der Waals surface area contributed by atoms with Crippen LogP contribution in [0.3, 0.4) is 0 Å². The summed E-state index contributed by atoms with van der Waals surface area (Å²) in [6.07, 6.45) is 0.369. The number of carboxylic acids is 1. The van der Waals surface area contributed by atoms with E-state index in [9.17, 15) is 4.79 Å². The summed E-state index contributed by atoms with van der Waals surface area (Å²) in [5.41, 5.74) is 1.54. The highest BCUT2D eigenvalue weighted by Crippen LogP contribution is 2.14. The van der Waals surface area contributed by atoms with Crippen molar-refractivity contribution >= 4 is 5.97 Å². The quantitative estimate of drug-likeness (QED) is 0.842. The molecule has 2 aromatic rings. The van der Waals surface area contributed by atoms with E-state index in [0.29, 0.717) is 5.75 Å². The van der Waals surface area contributed by atoms with Crippen LogP contribution in [0.15, 0.2) is 48.5 Å². The fourth-order valence-corrected chi connectivity index (χ4v) is 1.84. The van der Waals surface area contributed by atoms with Gasteiger partial charge in [-0.25, -0.2) is 4.79 Å². The van der Waals surface area contributed by atoms with Gasteiger partial charge in [0.15, 0.2) is 0 Å². The fraction of sp³-hybridized carbons (Fsp3) is 0.350. The van der Waals surface area contributed by atoms with Gasteiger partial charge in [0.05, 0.1) is 17.8 Å². The van der Waals surface area contributed by atoms with Gasteiger partial charge in [0.25, 0.3) is 0 Å². The molecular weight excluding hydrogens is 304 g/mol. The van der Waals surface area contributed by atoms with Crippen molar-refractivity contribution in [3.63, 3.8) is 0 Å². The van der Waals surface area contributed by atoms with Gasteiger partial charge in [0, 0.05) is 0 Å². The molecule has 2 aromatic carbocycles. The summed E-state index contributed by atoms with van der Waals surface area (Å²) in [4.78, 5) is 10.5. The maximum Gasteiger partial charge on any atom is 0.335 e. The maximum atomic E-state index is 10.5. The summed E-state index contributed by atoms with van der Waals surface area (Å²) in [6.45, 7) is 9.97. The van der Waals surface area contributed by atoms with Gasteiger partial charge in [-0.15, -0.1) is 0 Å². The smallest absolute Gasteiger partial charge is 0.335 e. The number of hydrogen-bond donors (Lipinski definition) is 1. The van der Waals surface area contributed by atoms with Gasteiger partial charge in [0.1, 0.15) is 11.5 Å². The molecule has 4 nitrogen and oxygen atoms in total. The van der Waals surface area contributed by atoms with Gasteiger partial charge in [-0.1, -0.05) is 17.7 Å². The topological polar surface area (TPSA) is 55.8 Å². The number of aryl methyl sites for hydroxylation is 1. The Hall–Kier alpha value is -2.49. The lowest BCUT2D eigenvalue weighted by Gasteiger charge is -2.08. The standard InChI is InChI=1S/C10H12O3.C10H14O/c1-7(2)13-9-5-3-8(4-6-9)10(11)12;1-8(2)11-10-6-4-9(3)5-7-10/h3-7H,1-2H3,(H,11,12);4-8H,1-3H3. The SMILES string of the molecule is CC(C)Oc1ccc(C(=O)O)cc1.Cc1ccc(OC(C)C)cc1. The molecule has 0 spiro atoms. The molecule has 0 aliphatic heterocycles. The molecule has 2 rings (SSSR count). The predicted octanol–water partition coefficient (Wildman–Crippen LogP) is 4.95. The lowest BCUT2D eigenvalue weighted by atomic mass is 10.2. The van der Waals surface area contributed by atoms with Gasteiger partial charge < -0.3 is 14.6 Å². The number of rotatable bonds is 5. The minimum Gasteiger partial charge on any atom is -0.491 e. The molecule has 0 aromatic heterocycles. The summed E-state index contributed by atoms with van der Waals surface area (Å²) in [6, 6.07) is 14.5. The van der Waals surface area contributed by atoms with E-state index >= 15 is 0 Å². The molecule has 0 unspecified atom stereocenters. The highest BCUT2D eigenvalue weighted by molar-refractivity contribution is 5.87. The Balaban J connectivity index is 0.000000243. The Morgan fingerprint density at radius 2 is 1.17 bits per heavy atom. The lowest BCUT2D eigenvalue weighted by molar-refractivity contribution is 0.0697. The van der Waals surface area contributed by atoms with E-state index in [1.807, 2.05) is 39.8 Å². The molecular formula is C20H26O4. The molecule has 0 radical (unpaired) electrons. The van der Waals surface area contributed by atoms with Crippen molar-refractivity contribution in [1.29, 1.82) is 0 Å².